The average molecular weight is 408 g/mol. The Hall–Kier alpha value is -3.55. The minimum atomic E-state index is -0.586. The molecule has 8 heteroatoms. The van der Waals surface area contributed by atoms with Gasteiger partial charge >= 0.3 is 0 Å². The largest absolute Gasteiger partial charge is 0.326 e. The number of benzene rings is 2. The lowest BCUT2D eigenvalue weighted by atomic mass is 10.2. The highest BCUT2D eigenvalue weighted by Gasteiger charge is 2.28. The van der Waals surface area contributed by atoms with Crippen LogP contribution >= 0.6 is 0 Å². The molecular formula is C22H21FN4O3. The maximum atomic E-state index is 13.8. The number of amides is 2. The van der Waals surface area contributed by atoms with Crippen molar-refractivity contribution in [1.82, 2.24) is 9.55 Å². The zero-order valence-corrected chi connectivity index (χ0v) is 16.4. The minimum absolute atomic E-state index is 0.000863. The van der Waals surface area contributed by atoms with Crippen LogP contribution in [0.15, 0.2) is 47.3 Å². The van der Waals surface area contributed by atoms with E-state index in [9.17, 15) is 18.8 Å². The van der Waals surface area contributed by atoms with E-state index >= 15 is 0 Å². The first kappa shape index (κ1) is 19.8. The summed E-state index contributed by atoms with van der Waals surface area (Å²) in [6, 6.07) is 11.3. The fourth-order valence-corrected chi connectivity index (χ4v) is 3.41. The number of carbonyl (C=O) groups excluding carboxylic acids is 2. The zero-order chi connectivity index (χ0) is 21.3. The second-order valence-electron chi connectivity index (χ2n) is 7.38. The van der Waals surface area contributed by atoms with Crippen LogP contribution in [0.25, 0.3) is 10.9 Å². The van der Waals surface area contributed by atoms with Crippen molar-refractivity contribution in [3.63, 3.8) is 0 Å². The van der Waals surface area contributed by atoms with E-state index in [4.69, 9.17) is 0 Å². The summed E-state index contributed by atoms with van der Waals surface area (Å²) in [5.41, 5.74) is 0.917. The van der Waals surface area contributed by atoms with E-state index in [0.717, 1.165) is 12.8 Å². The van der Waals surface area contributed by atoms with Gasteiger partial charge in [-0.2, -0.15) is 0 Å². The third-order valence-electron chi connectivity index (χ3n) is 4.93. The highest BCUT2D eigenvalue weighted by molar-refractivity contribution is 5.93. The Balaban J connectivity index is 1.51. The van der Waals surface area contributed by atoms with Crippen molar-refractivity contribution < 1.29 is 14.0 Å². The van der Waals surface area contributed by atoms with Crippen molar-refractivity contribution in [2.45, 2.75) is 38.6 Å². The maximum Gasteiger partial charge on any atom is 0.261 e. The number of carbonyl (C=O) groups is 2. The summed E-state index contributed by atoms with van der Waals surface area (Å²) in [6.07, 6.45) is 2.29. The highest BCUT2D eigenvalue weighted by atomic mass is 19.1. The Morgan fingerprint density at radius 1 is 1.17 bits per heavy atom. The molecule has 30 heavy (non-hydrogen) atoms. The lowest BCUT2D eigenvalue weighted by Crippen LogP contribution is -2.25. The van der Waals surface area contributed by atoms with Gasteiger partial charge in [0.15, 0.2) is 0 Å². The smallest absolute Gasteiger partial charge is 0.261 e. The Morgan fingerprint density at radius 3 is 2.67 bits per heavy atom. The molecule has 2 N–H and O–H groups in total. The molecule has 4 rings (SSSR count). The molecule has 0 saturated heterocycles. The number of aryl methyl sites for hydroxylation is 1. The molecule has 2 aromatic carbocycles. The van der Waals surface area contributed by atoms with E-state index in [0.29, 0.717) is 28.8 Å². The SMILES string of the molecule is CC(=O)Nc1cc(NC(=O)CCc2nc3ccccc3c(=O)n2C2CC2)ccc1F. The monoisotopic (exact) mass is 408 g/mol. The van der Waals surface area contributed by atoms with E-state index in [1.807, 2.05) is 12.1 Å². The van der Waals surface area contributed by atoms with Crippen LogP contribution in [0.5, 0.6) is 0 Å². The number of para-hydroxylation sites is 1. The predicted octanol–water partition coefficient (Wildman–Crippen LogP) is 3.40. The van der Waals surface area contributed by atoms with Crippen LogP contribution in [-0.4, -0.2) is 21.4 Å². The number of nitrogens with zero attached hydrogens (tertiary/aromatic N) is 2. The molecule has 7 nitrogen and oxygen atoms in total. The first-order valence-corrected chi connectivity index (χ1v) is 9.79. The van der Waals surface area contributed by atoms with E-state index in [1.54, 1.807) is 16.7 Å². The number of anilines is 2. The van der Waals surface area contributed by atoms with Gasteiger partial charge in [0, 0.05) is 31.5 Å². The lowest BCUT2D eigenvalue weighted by Gasteiger charge is -2.13. The molecule has 0 spiro atoms. The molecule has 0 bridgehead atoms. The number of nitrogens with one attached hydrogen (secondary N) is 2. The third kappa shape index (κ3) is 4.22. The van der Waals surface area contributed by atoms with Crippen LogP contribution in [0, 0.1) is 5.82 Å². The number of hydrogen-bond acceptors (Lipinski definition) is 4. The number of hydrogen-bond donors (Lipinski definition) is 2. The molecule has 1 aliphatic carbocycles. The third-order valence-corrected chi connectivity index (χ3v) is 4.93. The van der Waals surface area contributed by atoms with Gasteiger partial charge in [-0.15, -0.1) is 0 Å². The van der Waals surface area contributed by atoms with Crippen LogP contribution < -0.4 is 16.2 Å². The molecule has 1 heterocycles. The first-order chi connectivity index (χ1) is 14.4. The molecule has 3 aromatic rings. The number of halogens is 1. The molecule has 0 radical (unpaired) electrons. The Labute approximate surface area is 171 Å². The van der Waals surface area contributed by atoms with Crippen molar-refractivity contribution in [1.29, 1.82) is 0 Å². The Kier molecular flexibility index (Phi) is 5.31. The highest BCUT2D eigenvalue weighted by Crippen LogP contribution is 2.35. The van der Waals surface area contributed by atoms with Crippen LogP contribution in [0.3, 0.4) is 0 Å². The summed E-state index contributed by atoms with van der Waals surface area (Å²) in [7, 11) is 0. The normalized spacial score (nSPS) is 13.3. The van der Waals surface area contributed by atoms with Crippen molar-refractivity contribution >= 4 is 34.1 Å². The second-order valence-corrected chi connectivity index (χ2v) is 7.38. The Morgan fingerprint density at radius 2 is 1.93 bits per heavy atom. The molecular weight excluding hydrogens is 387 g/mol. The van der Waals surface area contributed by atoms with Gasteiger partial charge in [0.25, 0.3) is 5.56 Å². The molecule has 154 valence electrons. The Bertz CT molecular complexity index is 1200. The van der Waals surface area contributed by atoms with Crippen LogP contribution in [0.2, 0.25) is 0 Å². The van der Waals surface area contributed by atoms with Gasteiger partial charge in [-0.3, -0.25) is 19.0 Å². The molecule has 0 unspecified atom stereocenters. The van der Waals surface area contributed by atoms with Gasteiger partial charge in [-0.1, -0.05) is 12.1 Å². The van der Waals surface area contributed by atoms with Crippen molar-refractivity contribution in [2.24, 2.45) is 0 Å². The van der Waals surface area contributed by atoms with E-state index < -0.39 is 11.7 Å². The van der Waals surface area contributed by atoms with Crippen molar-refractivity contribution in [2.75, 3.05) is 10.6 Å². The molecule has 0 atom stereocenters. The van der Waals surface area contributed by atoms with Crippen LogP contribution in [-0.2, 0) is 16.0 Å². The minimum Gasteiger partial charge on any atom is -0.326 e. The van der Waals surface area contributed by atoms with Gasteiger partial charge < -0.3 is 10.6 Å². The molecule has 1 aliphatic rings. The molecule has 2 amide bonds. The number of aromatic nitrogens is 2. The summed E-state index contributed by atoms with van der Waals surface area (Å²) in [5.74, 6) is -0.690. The van der Waals surface area contributed by atoms with Gasteiger partial charge in [0.2, 0.25) is 11.8 Å². The predicted molar refractivity (Wildman–Crippen MR) is 112 cm³/mol. The van der Waals surface area contributed by atoms with Crippen LogP contribution in [0.1, 0.15) is 38.1 Å². The summed E-state index contributed by atoms with van der Waals surface area (Å²) >= 11 is 0. The molecule has 1 saturated carbocycles. The quantitative estimate of drug-likeness (QED) is 0.654. The number of rotatable bonds is 6. The molecule has 1 fully saturated rings. The van der Waals surface area contributed by atoms with Gasteiger partial charge in [0.1, 0.15) is 11.6 Å². The fourth-order valence-electron chi connectivity index (χ4n) is 3.41. The van der Waals surface area contributed by atoms with Crippen LogP contribution in [0.4, 0.5) is 15.8 Å². The summed E-state index contributed by atoms with van der Waals surface area (Å²) in [6.45, 7) is 1.28. The topological polar surface area (TPSA) is 93.1 Å². The number of fused-ring (bicyclic) bond motifs is 1. The van der Waals surface area contributed by atoms with Gasteiger partial charge in [0.05, 0.1) is 16.6 Å². The molecule has 1 aromatic heterocycles. The van der Waals surface area contributed by atoms with Gasteiger partial charge in [-0.25, -0.2) is 9.37 Å². The van der Waals surface area contributed by atoms with Crippen molar-refractivity contribution in [3.8, 4) is 0 Å². The second kappa shape index (κ2) is 8.06. The standard InChI is InChI=1S/C22H21FN4O3/c1-13(28)24-19-12-14(6-9-17(19)23)25-21(29)11-10-20-26-18-5-3-2-4-16(18)22(30)27(20)15-7-8-15/h2-6,9,12,15H,7-8,10-11H2,1H3,(H,24,28)(H,25,29). The summed E-state index contributed by atoms with van der Waals surface area (Å²) < 4.78 is 15.5. The summed E-state index contributed by atoms with van der Waals surface area (Å²) in [4.78, 5) is 41.1. The van der Waals surface area contributed by atoms with E-state index in [2.05, 4.69) is 15.6 Å². The molecule has 0 aliphatic heterocycles. The van der Waals surface area contributed by atoms with Crippen molar-refractivity contribution in [3.05, 3.63) is 64.5 Å². The zero-order valence-electron chi connectivity index (χ0n) is 16.4. The maximum absolute atomic E-state index is 13.8. The lowest BCUT2D eigenvalue weighted by molar-refractivity contribution is -0.116. The fraction of sp³-hybridized carbons (Fsp3) is 0.273. The van der Waals surface area contributed by atoms with E-state index in [-0.39, 0.29) is 29.6 Å². The summed E-state index contributed by atoms with van der Waals surface area (Å²) in [5, 5.41) is 5.66. The van der Waals surface area contributed by atoms with E-state index in [1.165, 1.54) is 25.1 Å². The van der Waals surface area contributed by atoms with Gasteiger partial charge in [-0.05, 0) is 43.2 Å². The first-order valence-electron chi connectivity index (χ1n) is 9.79. The average Bonchev–Trinajstić information content (AvgIpc) is 3.54.